The Morgan fingerprint density at radius 1 is 1.39 bits per heavy atom. The highest BCUT2D eigenvalue weighted by Gasteiger charge is 2.38. The monoisotopic (exact) mass is 247 g/mol. The van der Waals surface area contributed by atoms with Gasteiger partial charge in [-0.3, -0.25) is 0 Å². The number of rotatable bonds is 4. The second-order valence-corrected chi connectivity index (χ2v) is 5.67. The third-order valence-corrected chi connectivity index (χ3v) is 4.21. The van der Waals surface area contributed by atoms with Crippen LogP contribution in [0.15, 0.2) is 18.2 Å². The Hall–Kier alpha value is -1.06. The Morgan fingerprint density at radius 2 is 2.22 bits per heavy atom. The first-order valence-electron chi connectivity index (χ1n) is 6.79. The predicted octanol–water partition coefficient (Wildman–Crippen LogP) is 1.67. The molecule has 0 aliphatic heterocycles. The Balaban J connectivity index is 1.84. The van der Waals surface area contributed by atoms with E-state index in [0.29, 0.717) is 6.04 Å². The first kappa shape index (κ1) is 12.0. The van der Waals surface area contributed by atoms with Gasteiger partial charge < -0.3 is 15.2 Å². The van der Waals surface area contributed by atoms with Gasteiger partial charge in [-0.1, -0.05) is 6.07 Å². The summed E-state index contributed by atoms with van der Waals surface area (Å²) in [7, 11) is 1.70. The van der Waals surface area contributed by atoms with Crippen LogP contribution in [0, 0.1) is 0 Å². The van der Waals surface area contributed by atoms with Crippen LogP contribution in [0.4, 0.5) is 0 Å². The molecule has 2 N–H and O–H groups in total. The van der Waals surface area contributed by atoms with Gasteiger partial charge in [0, 0.05) is 11.6 Å². The largest absolute Gasteiger partial charge is 0.497 e. The van der Waals surface area contributed by atoms with Crippen molar-refractivity contribution in [1.29, 1.82) is 0 Å². The Kier molecular flexibility index (Phi) is 3.04. The third kappa shape index (κ3) is 2.25. The first-order valence-corrected chi connectivity index (χ1v) is 6.79. The molecule has 0 aromatic heterocycles. The molecule has 0 bridgehead atoms. The molecule has 0 spiro atoms. The van der Waals surface area contributed by atoms with E-state index in [2.05, 4.69) is 17.4 Å². The van der Waals surface area contributed by atoms with E-state index in [1.165, 1.54) is 24.0 Å². The van der Waals surface area contributed by atoms with Gasteiger partial charge in [-0.05, 0) is 55.4 Å². The van der Waals surface area contributed by atoms with Crippen molar-refractivity contribution in [3.8, 4) is 5.75 Å². The highest BCUT2D eigenvalue weighted by molar-refractivity contribution is 5.39. The zero-order valence-electron chi connectivity index (χ0n) is 10.9. The Bertz CT molecular complexity index is 442. The highest BCUT2D eigenvalue weighted by Crippen LogP contribution is 2.33. The number of aliphatic hydroxyl groups excluding tert-OH is 1. The number of hydrogen-bond acceptors (Lipinski definition) is 3. The average molecular weight is 247 g/mol. The molecule has 0 amide bonds. The summed E-state index contributed by atoms with van der Waals surface area (Å²) in [4.78, 5) is 0. The van der Waals surface area contributed by atoms with E-state index in [0.717, 1.165) is 25.0 Å². The SMILES string of the molecule is COc1ccc2c(c1)CC(CO)(NC1CC1)CC2. The lowest BCUT2D eigenvalue weighted by Crippen LogP contribution is -2.53. The van der Waals surface area contributed by atoms with E-state index < -0.39 is 0 Å². The normalized spacial score (nSPS) is 26.8. The van der Waals surface area contributed by atoms with Gasteiger partial charge >= 0.3 is 0 Å². The molecule has 3 nitrogen and oxygen atoms in total. The molecule has 1 saturated carbocycles. The summed E-state index contributed by atoms with van der Waals surface area (Å²) in [6.45, 7) is 0.222. The summed E-state index contributed by atoms with van der Waals surface area (Å²) in [5.74, 6) is 0.911. The number of methoxy groups -OCH3 is 1. The minimum absolute atomic E-state index is 0.111. The van der Waals surface area contributed by atoms with Crippen LogP contribution >= 0.6 is 0 Å². The molecule has 0 radical (unpaired) electrons. The molecule has 2 aliphatic carbocycles. The number of ether oxygens (including phenoxy) is 1. The van der Waals surface area contributed by atoms with Gasteiger partial charge in [0.25, 0.3) is 0 Å². The van der Waals surface area contributed by atoms with Crippen molar-refractivity contribution >= 4 is 0 Å². The van der Waals surface area contributed by atoms with Crippen LogP contribution in [0.25, 0.3) is 0 Å². The fourth-order valence-electron chi connectivity index (χ4n) is 2.93. The molecule has 1 atom stereocenters. The van der Waals surface area contributed by atoms with E-state index in [1.54, 1.807) is 7.11 Å². The lowest BCUT2D eigenvalue weighted by atomic mass is 9.78. The highest BCUT2D eigenvalue weighted by atomic mass is 16.5. The minimum atomic E-state index is -0.111. The molecule has 18 heavy (non-hydrogen) atoms. The molecule has 3 heteroatoms. The third-order valence-electron chi connectivity index (χ3n) is 4.21. The quantitative estimate of drug-likeness (QED) is 0.850. The van der Waals surface area contributed by atoms with E-state index >= 15 is 0 Å². The lowest BCUT2D eigenvalue weighted by Gasteiger charge is -2.38. The number of aryl methyl sites for hydroxylation is 1. The molecule has 1 aromatic rings. The molecule has 3 rings (SSSR count). The molecular formula is C15H21NO2. The summed E-state index contributed by atoms with van der Waals surface area (Å²) in [6.07, 6.45) is 5.49. The molecule has 1 unspecified atom stereocenters. The molecule has 1 fully saturated rings. The van der Waals surface area contributed by atoms with Crippen molar-refractivity contribution < 1.29 is 9.84 Å². The van der Waals surface area contributed by atoms with Crippen LogP contribution in [0.5, 0.6) is 5.75 Å². The number of nitrogens with one attached hydrogen (secondary N) is 1. The van der Waals surface area contributed by atoms with Crippen molar-refractivity contribution in [2.45, 2.75) is 43.7 Å². The zero-order valence-corrected chi connectivity index (χ0v) is 10.9. The van der Waals surface area contributed by atoms with Crippen molar-refractivity contribution in [2.24, 2.45) is 0 Å². The van der Waals surface area contributed by atoms with Gasteiger partial charge in [0.1, 0.15) is 5.75 Å². The van der Waals surface area contributed by atoms with Crippen LogP contribution in [0.1, 0.15) is 30.4 Å². The summed E-state index contributed by atoms with van der Waals surface area (Å²) < 4.78 is 5.29. The van der Waals surface area contributed by atoms with Crippen LogP contribution in [0.2, 0.25) is 0 Å². The second-order valence-electron chi connectivity index (χ2n) is 5.67. The van der Waals surface area contributed by atoms with Gasteiger partial charge in [-0.2, -0.15) is 0 Å². The van der Waals surface area contributed by atoms with Crippen LogP contribution < -0.4 is 10.1 Å². The second kappa shape index (κ2) is 4.56. The maximum absolute atomic E-state index is 9.78. The summed E-state index contributed by atoms with van der Waals surface area (Å²) in [5.41, 5.74) is 2.61. The van der Waals surface area contributed by atoms with E-state index in [-0.39, 0.29) is 12.1 Å². The van der Waals surface area contributed by atoms with Crippen LogP contribution in [-0.4, -0.2) is 30.4 Å². The fourth-order valence-corrected chi connectivity index (χ4v) is 2.93. The first-order chi connectivity index (χ1) is 8.74. The van der Waals surface area contributed by atoms with E-state index in [9.17, 15) is 5.11 Å². The van der Waals surface area contributed by atoms with Crippen molar-refractivity contribution in [1.82, 2.24) is 5.32 Å². The Labute approximate surface area is 108 Å². The van der Waals surface area contributed by atoms with Gasteiger partial charge in [0.2, 0.25) is 0 Å². The van der Waals surface area contributed by atoms with E-state index in [4.69, 9.17) is 4.74 Å². The van der Waals surface area contributed by atoms with E-state index in [1.807, 2.05) is 6.07 Å². The number of benzene rings is 1. The van der Waals surface area contributed by atoms with Gasteiger partial charge in [-0.15, -0.1) is 0 Å². The summed E-state index contributed by atoms with van der Waals surface area (Å²) in [5, 5.41) is 13.4. The molecule has 0 saturated heterocycles. The minimum Gasteiger partial charge on any atom is -0.497 e. The van der Waals surface area contributed by atoms with Gasteiger partial charge in [0.15, 0.2) is 0 Å². The number of hydrogen-bond donors (Lipinski definition) is 2. The van der Waals surface area contributed by atoms with Crippen molar-refractivity contribution in [2.75, 3.05) is 13.7 Å². The van der Waals surface area contributed by atoms with Crippen LogP contribution in [0.3, 0.4) is 0 Å². The smallest absolute Gasteiger partial charge is 0.119 e. The van der Waals surface area contributed by atoms with Gasteiger partial charge in [0.05, 0.1) is 13.7 Å². The molecule has 98 valence electrons. The predicted molar refractivity (Wildman–Crippen MR) is 71.0 cm³/mol. The standard InChI is InChI=1S/C15H21NO2/c1-18-14-5-2-11-6-7-15(10-17,9-12(11)8-14)16-13-3-4-13/h2,5,8,13,16-17H,3-4,6-7,9-10H2,1H3. The van der Waals surface area contributed by atoms with Crippen molar-refractivity contribution in [3.05, 3.63) is 29.3 Å². The molecular weight excluding hydrogens is 226 g/mol. The summed E-state index contributed by atoms with van der Waals surface area (Å²) in [6, 6.07) is 6.93. The van der Waals surface area contributed by atoms with Crippen LogP contribution in [-0.2, 0) is 12.8 Å². The Morgan fingerprint density at radius 3 is 2.89 bits per heavy atom. The van der Waals surface area contributed by atoms with Gasteiger partial charge in [-0.25, -0.2) is 0 Å². The number of fused-ring (bicyclic) bond motifs is 1. The molecule has 0 heterocycles. The zero-order chi connectivity index (χ0) is 12.6. The summed E-state index contributed by atoms with van der Waals surface area (Å²) >= 11 is 0. The lowest BCUT2D eigenvalue weighted by molar-refractivity contribution is 0.143. The fraction of sp³-hybridized carbons (Fsp3) is 0.600. The maximum Gasteiger partial charge on any atom is 0.119 e. The molecule has 2 aliphatic rings. The maximum atomic E-state index is 9.78. The average Bonchev–Trinajstić information content (AvgIpc) is 3.21. The number of aliphatic hydroxyl groups is 1. The topological polar surface area (TPSA) is 41.5 Å². The van der Waals surface area contributed by atoms with Crippen molar-refractivity contribution in [3.63, 3.8) is 0 Å². The molecule has 1 aromatic carbocycles.